The molecule has 0 aliphatic carbocycles. The second-order valence-electron chi connectivity index (χ2n) is 5.27. The molecule has 2 aliphatic rings. The fraction of sp³-hybridized carbons (Fsp3) is 0.615. The number of carbonyl (C=O) groups excluding carboxylic acids is 1. The van der Waals surface area contributed by atoms with Crippen molar-refractivity contribution in [2.75, 3.05) is 24.5 Å². The number of carboxylic acid groups (broad SMARTS) is 1. The van der Waals surface area contributed by atoms with E-state index in [1.807, 2.05) is 5.38 Å². The predicted octanol–water partition coefficient (Wildman–Crippen LogP) is 1.04. The van der Waals surface area contributed by atoms with Gasteiger partial charge in [0, 0.05) is 31.2 Å². The van der Waals surface area contributed by atoms with Crippen LogP contribution >= 0.6 is 11.3 Å². The van der Waals surface area contributed by atoms with Crippen LogP contribution in [0.15, 0.2) is 11.6 Å². The second-order valence-corrected chi connectivity index (χ2v) is 6.15. The Morgan fingerprint density at radius 3 is 2.85 bits per heavy atom. The monoisotopic (exact) mass is 295 g/mol. The Labute approximate surface area is 121 Å². The van der Waals surface area contributed by atoms with Gasteiger partial charge in [0.15, 0.2) is 5.13 Å². The summed E-state index contributed by atoms with van der Waals surface area (Å²) in [5.74, 6) is -1.15. The maximum Gasteiger partial charge on any atom is 0.308 e. The SMILES string of the molecule is O=C(O)C1CCN(C(=O)C2CCCN2c2nccs2)C1. The number of anilines is 1. The first kappa shape index (κ1) is 13.4. The summed E-state index contributed by atoms with van der Waals surface area (Å²) in [7, 11) is 0. The van der Waals surface area contributed by atoms with Gasteiger partial charge in [-0.05, 0) is 19.3 Å². The number of rotatable bonds is 3. The molecule has 1 aromatic heterocycles. The number of hydrogen-bond acceptors (Lipinski definition) is 5. The lowest BCUT2D eigenvalue weighted by atomic mass is 10.1. The molecule has 2 fully saturated rings. The molecular weight excluding hydrogens is 278 g/mol. The Kier molecular flexibility index (Phi) is 3.60. The molecule has 0 aromatic carbocycles. The van der Waals surface area contributed by atoms with Gasteiger partial charge in [-0.25, -0.2) is 4.98 Å². The van der Waals surface area contributed by atoms with Crippen LogP contribution in [0.1, 0.15) is 19.3 Å². The minimum atomic E-state index is -0.802. The van der Waals surface area contributed by atoms with Crippen LogP contribution < -0.4 is 4.90 Å². The van der Waals surface area contributed by atoms with Gasteiger partial charge >= 0.3 is 5.97 Å². The van der Waals surface area contributed by atoms with E-state index >= 15 is 0 Å². The Balaban J connectivity index is 1.69. The van der Waals surface area contributed by atoms with Crippen molar-refractivity contribution in [2.45, 2.75) is 25.3 Å². The van der Waals surface area contributed by atoms with E-state index in [9.17, 15) is 9.59 Å². The molecule has 1 aromatic rings. The smallest absolute Gasteiger partial charge is 0.308 e. The van der Waals surface area contributed by atoms with Gasteiger partial charge in [-0.1, -0.05) is 0 Å². The van der Waals surface area contributed by atoms with E-state index in [1.54, 1.807) is 11.1 Å². The molecule has 108 valence electrons. The third kappa shape index (κ3) is 2.37. The summed E-state index contributed by atoms with van der Waals surface area (Å²) in [6.07, 6.45) is 4.11. The van der Waals surface area contributed by atoms with Gasteiger partial charge in [-0.2, -0.15) is 0 Å². The van der Waals surface area contributed by atoms with Crippen LogP contribution in [0.2, 0.25) is 0 Å². The summed E-state index contributed by atoms with van der Waals surface area (Å²) in [5.41, 5.74) is 0. The van der Waals surface area contributed by atoms with Gasteiger partial charge in [-0.15, -0.1) is 11.3 Å². The third-order valence-corrected chi connectivity index (χ3v) is 4.86. The van der Waals surface area contributed by atoms with E-state index in [2.05, 4.69) is 9.88 Å². The van der Waals surface area contributed by atoms with Crippen LogP contribution in [-0.4, -0.2) is 52.5 Å². The highest BCUT2D eigenvalue weighted by molar-refractivity contribution is 7.13. The fourth-order valence-corrected chi connectivity index (χ4v) is 3.70. The molecule has 2 aliphatic heterocycles. The van der Waals surface area contributed by atoms with E-state index < -0.39 is 11.9 Å². The Morgan fingerprint density at radius 1 is 1.35 bits per heavy atom. The largest absolute Gasteiger partial charge is 0.481 e. The molecule has 2 saturated heterocycles. The maximum atomic E-state index is 12.6. The number of likely N-dealkylation sites (tertiary alicyclic amines) is 1. The lowest BCUT2D eigenvalue weighted by Gasteiger charge is -2.27. The number of nitrogens with zero attached hydrogens (tertiary/aromatic N) is 3. The van der Waals surface area contributed by atoms with Gasteiger partial charge in [0.1, 0.15) is 6.04 Å². The highest BCUT2D eigenvalue weighted by Crippen LogP contribution is 2.29. The van der Waals surface area contributed by atoms with E-state index in [4.69, 9.17) is 5.11 Å². The van der Waals surface area contributed by atoms with Crippen molar-refractivity contribution in [3.8, 4) is 0 Å². The predicted molar refractivity (Wildman–Crippen MR) is 74.8 cm³/mol. The van der Waals surface area contributed by atoms with Crippen molar-refractivity contribution in [3.63, 3.8) is 0 Å². The topological polar surface area (TPSA) is 73.7 Å². The minimum absolute atomic E-state index is 0.0569. The van der Waals surface area contributed by atoms with Gasteiger partial charge in [0.25, 0.3) is 0 Å². The van der Waals surface area contributed by atoms with E-state index in [0.717, 1.165) is 24.5 Å². The third-order valence-electron chi connectivity index (χ3n) is 4.05. The van der Waals surface area contributed by atoms with Crippen molar-refractivity contribution >= 4 is 28.3 Å². The molecule has 0 spiro atoms. The van der Waals surface area contributed by atoms with Gasteiger partial charge < -0.3 is 14.9 Å². The van der Waals surface area contributed by atoms with Crippen molar-refractivity contribution < 1.29 is 14.7 Å². The number of aromatic nitrogens is 1. The molecule has 0 bridgehead atoms. The molecule has 0 radical (unpaired) electrons. The highest BCUT2D eigenvalue weighted by atomic mass is 32.1. The Hall–Kier alpha value is -1.63. The Morgan fingerprint density at radius 2 is 2.20 bits per heavy atom. The summed E-state index contributed by atoms with van der Waals surface area (Å²) < 4.78 is 0. The molecule has 2 atom stereocenters. The van der Waals surface area contributed by atoms with Crippen LogP contribution in [-0.2, 0) is 9.59 Å². The summed E-state index contributed by atoms with van der Waals surface area (Å²) in [6.45, 7) is 1.74. The van der Waals surface area contributed by atoms with Crippen LogP contribution in [0.4, 0.5) is 5.13 Å². The number of amides is 1. The molecule has 7 heteroatoms. The molecule has 3 heterocycles. The van der Waals surface area contributed by atoms with Gasteiger partial charge in [0.05, 0.1) is 5.92 Å². The number of aliphatic carboxylic acids is 1. The summed E-state index contributed by atoms with van der Waals surface area (Å²) in [6, 6.07) is -0.173. The summed E-state index contributed by atoms with van der Waals surface area (Å²) in [4.78, 5) is 31.6. The van der Waals surface area contributed by atoms with E-state index in [0.29, 0.717) is 19.5 Å². The minimum Gasteiger partial charge on any atom is -0.481 e. The van der Waals surface area contributed by atoms with Gasteiger partial charge in [0.2, 0.25) is 5.91 Å². The molecule has 2 unspecified atom stereocenters. The maximum absolute atomic E-state index is 12.6. The molecular formula is C13H17N3O3S. The lowest BCUT2D eigenvalue weighted by Crippen LogP contribution is -2.45. The molecule has 1 N–H and O–H groups in total. The van der Waals surface area contributed by atoms with Gasteiger partial charge in [-0.3, -0.25) is 9.59 Å². The van der Waals surface area contributed by atoms with Crippen LogP contribution in [0.3, 0.4) is 0 Å². The first-order chi connectivity index (χ1) is 9.66. The second kappa shape index (κ2) is 5.40. The molecule has 6 nitrogen and oxygen atoms in total. The highest BCUT2D eigenvalue weighted by Gasteiger charge is 2.38. The van der Waals surface area contributed by atoms with Crippen LogP contribution in [0, 0.1) is 5.92 Å². The van der Waals surface area contributed by atoms with Crippen molar-refractivity contribution in [1.82, 2.24) is 9.88 Å². The molecule has 3 rings (SSSR count). The van der Waals surface area contributed by atoms with Crippen molar-refractivity contribution in [2.24, 2.45) is 5.92 Å². The molecule has 20 heavy (non-hydrogen) atoms. The van der Waals surface area contributed by atoms with Crippen LogP contribution in [0.25, 0.3) is 0 Å². The summed E-state index contributed by atoms with van der Waals surface area (Å²) >= 11 is 1.54. The fourth-order valence-electron chi connectivity index (χ4n) is 2.98. The number of carbonyl (C=O) groups is 2. The van der Waals surface area contributed by atoms with Crippen LogP contribution in [0.5, 0.6) is 0 Å². The zero-order chi connectivity index (χ0) is 14.1. The zero-order valence-electron chi connectivity index (χ0n) is 11.1. The average molecular weight is 295 g/mol. The Bertz CT molecular complexity index is 505. The van der Waals surface area contributed by atoms with E-state index in [1.165, 1.54) is 11.3 Å². The van der Waals surface area contributed by atoms with Crippen molar-refractivity contribution in [3.05, 3.63) is 11.6 Å². The number of carboxylic acids is 1. The average Bonchev–Trinajstić information content (AvgIpc) is 3.17. The first-order valence-corrected chi connectivity index (χ1v) is 7.72. The normalized spacial score (nSPS) is 26.2. The number of hydrogen-bond donors (Lipinski definition) is 1. The standard InChI is InChI=1S/C13H17N3O3S/c17-11(15-6-3-9(8-15)12(18)19)10-2-1-5-16(10)13-14-4-7-20-13/h4,7,9-10H,1-3,5-6,8H2,(H,18,19). The first-order valence-electron chi connectivity index (χ1n) is 6.84. The zero-order valence-corrected chi connectivity index (χ0v) is 11.9. The summed E-state index contributed by atoms with van der Waals surface area (Å²) in [5, 5.41) is 11.8. The van der Waals surface area contributed by atoms with E-state index in [-0.39, 0.29) is 11.9 Å². The number of thiazole rings is 1. The molecule has 1 amide bonds. The van der Waals surface area contributed by atoms with Crippen molar-refractivity contribution in [1.29, 1.82) is 0 Å². The molecule has 0 saturated carbocycles. The lowest BCUT2D eigenvalue weighted by molar-refractivity contribution is -0.141. The quantitative estimate of drug-likeness (QED) is 0.902.